The zero-order valence-corrected chi connectivity index (χ0v) is 11.8. The highest BCUT2D eigenvalue weighted by Gasteiger charge is 2.14. The van der Waals surface area contributed by atoms with Crippen LogP contribution >= 0.6 is 0 Å². The summed E-state index contributed by atoms with van der Waals surface area (Å²) in [5.41, 5.74) is 1.28. The molecular weight excluding hydrogens is 236 g/mol. The molecule has 104 valence electrons. The first-order chi connectivity index (χ1) is 9.38. The van der Waals surface area contributed by atoms with Crippen molar-refractivity contribution < 1.29 is 4.74 Å². The van der Waals surface area contributed by atoms with E-state index in [1.54, 1.807) is 7.11 Å². The normalized spacial score (nSPS) is 18.2. The molecule has 0 amide bonds. The molecule has 0 radical (unpaired) electrons. The van der Waals surface area contributed by atoms with Gasteiger partial charge in [0.05, 0.1) is 6.61 Å². The van der Waals surface area contributed by atoms with E-state index in [4.69, 9.17) is 4.74 Å². The molecule has 1 aromatic rings. The van der Waals surface area contributed by atoms with E-state index in [0.29, 0.717) is 0 Å². The number of benzene rings is 1. The third-order valence-electron chi connectivity index (χ3n) is 3.55. The third-order valence-corrected chi connectivity index (χ3v) is 3.55. The Kier molecular flexibility index (Phi) is 6.08. The van der Waals surface area contributed by atoms with Crippen LogP contribution in [0.3, 0.4) is 0 Å². The van der Waals surface area contributed by atoms with Crippen molar-refractivity contribution >= 4 is 6.08 Å². The van der Waals surface area contributed by atoms with Gasteiger partial charge in [-0.1, -0.05) is 42.5 Å². The number of hydrogen-bond donors (Lipinski definition) is 0. The summed E-state index contributed by atoms with van der Waals surface area (Å²) < 4.78 is 5.12. The molecule has 19 heavy (non-hydrogen) atoms. The van der Waals surface area contributed by atoms with Crippen LogP contribution in [0.4, 0.5) is 0 Å². The van der Waals surface area contributed by atoms with Crippen LogP contribution in [0.25, 0.3) is 6.08 Å². The Morgan fingerprint density at radius 3 is 2.42 bits per heavy atom. The lowest BCUT2D eigenvalue weighted by molar-refractivity contribution is 0.102. The van der Waals surface area contributed by atoms with Crippen molar-refractivity contribution in [3.8, 4) is 0 Å². The van der Waals surface area contributed by atoms with Crippen LogP contribution in [0.15, 0.2) is 36.4 Å². The first kappa shape index (κ1) is 14.3. The first-order valence-electron chi connectivity index (χ1n) is 7.04. The summed E-state index contributed by atoms with van der Waals surface area (Å²) in [6.45, 7) is 7.57. The lowest BCUT2D eigenvalue weighted by Crippen LogP contribution is -2.47. The number of piperazine rings is 1. The van der Waals surface area contributed by atoms with Gasteiger partial charge in [-0.05, 0) is 5.56 Å². The molecule has 3 heteroatoms. The third kappa shape index (κ3) is 5.15. The maximum Gasteiger partial charge on any atom is 0.0589 e. The van der Waals surface area contributed by atoms with Crippen LogP contribution in [0, 0.1) is 0 Å². The van der Waals surface area contributed by atoms with E-state index in [9.17, 15) is 0 Å². The van der Waals surface area contributed by atoms with Crippen LogP contribution in [0.1, 0.15) is 5.56 Å². The summed E-state index contributed by atoms with van der Waals surface area (Å²) in [6, 6.07) is 10.5. The summed E-state index contributed by atoms with van der Waals surface area (Å²) in [7, 11) is 1.77. The lowest BCUT2D eigenvalue weighted by atomic mass is 10.2. The number of nitrogens with zero attached hydrogens (tertiary/aromatic N) is 2. The van der Waals surface area contributed by atoms with Gasteiger partial charge in [0.25, 0.3) is 0 Å². The van der Waals surface area contributed by atoms with Crippen molar-refractivity contribution in [2.75, 3.05) is 53.0 Å². The van der Waals surface area contributed by atoms with Crippen molar-refractivity contribution in [1.29, 1.82) is 0 Å². The number of methoxy groups -OCH3 is 1. The van der Waals surface area contributed by atoms with Gasteiger partial charge in [-0.15, -0.1) is 0 Å². The number of rotatable bonds is 6. The predicted molar refractivity (Wildman–Crippen MR) is 80.2 cm³/mol. The molecular formula is C16H24N2O. The molecule has 0 aliphatic carbocycles. The fourth-order valence-corrected chi connectivity index (χ4v) is 2.32. The molecule has 0 saturated carbocycles. The van der Waals surface area contributed by atoms with Crippen LogP contribution in [0.5, 0.6) is 0 Å². The van der Waals surface area contributed by atoms with E-state index in [1.807, 2.05) is 0 Å². The largest absolute Gasteiger partial charge is 0.383 e. The zero-order chi connectivity index (χ0) is 13.3. The van der Waals surface area contributed by atoms with Gasteiger partial charge >= 0.3 is 0 Å². The molecule has 0 bridgehead atoms. The summed E-state index contributed by atoms with van der Waals surface area (Å²) in [4.78, 5) is 4.98. The van der Waals surface area contributed by atoms with Crippen molar-refractivity contribution in [1.82, 2.24) is 9.80 Å². The summed E-state index contributed by atoms with van der Waals surface area (Å²) >= 11 is 0. The molecule has 0 atom stereocenters. The van der Waals surface area contributed by atoms with Gasteiger partial charge in [-0.2, -0.15) is 0 Å². The van der Waals surface area contributed by atoms with Gasteiger partial charge in [0.15, 0.2) is 0 Å². The van der Waals surface area contributed by atoms with E-state index in [-0.39, 0.29) is 0 Å². The maximum atomic E-state index is 5.12. The fourth-order valence-electron chi connectivity index (χ4n) is 2.32. The molecule has 0 spiro atoms. The van der Waals surface area contributed by atoms with Gasteiger partial charge in [-0.3, -0.25) is 9.80 Å². The maximum absolute atomic E-state index is 5.12. The highest BCUT2D eigenvalue weighted by Crippen LogP contribution is 2.04. The van der Waals surface area contributed by atoms with Crippen molar-refractivity contribution in [2.45, 2.75) is 0 Å². The van der Waals surface area contributed by atoms with Crippen LogP contribution in [-0.4, -0.2) is 62.8 Å². The van der Waals surface area contributed by atoms with Crippen LogP contribution < -0.4 is 0 Å². The minimum Gasteiger partial charge on any atom is -0.383 e. The van der Waals surface area contributed by atoms with Crippen molar-refractivity contribution in [2.24, 2.45) is 0 Å². The minimum atomic E-state index is 0.841. The van der Waals surface area contributed by atoms with Crippen molar-refractivity contribution in [3.05, 3.63) is 42.0 Å². The van der Waals surface area contributed by atoms with Crippen LogP contribution in [-0.2, 0) is 4.74 Å². The number of hydrogen-bond acceptors (Lipinski definition) is 3. The molecule has 1 aliphatic rings. The molecule has 1 fully saturated rings. The molecule has 1 saturated heterocycles. The fraction of sp³-hybridized carbons (Fsp3) is 0.500. The molecule has 0 aromatic heterocycles. The summed E-state index contributed by atoms with van der Waals surface area (Å²) in [5, 5.41) is 0. The Morgan fingerprint density at radius 1 is 1.05 bits per heavy atom. The standard InChI is InChI=1S/C16H24N2O/c1-19-15-14-18-12-10-17(11-13-18)9-5-8-16-6-3-2-4-7-16/h2-8H,9-15H2,1H3/b8-5+. The molecule has 0 unspecified atom stereocenters. The molecule has 1 heterocycles. The van der Waals surface area contributed by atoms with Crippen molar-refractivity contribution in [3.63, 3.8) is 0 Å². The minimum absolute atomic E-state index is 0.841. The monoisotopic (exact) mass is 260 g/mol. The van der Waals surface area contributed by atoms with Gasteiger partial charge in [0.2, 0.25) is 0 Å². The van der Waals surface area contributed by atoms with E-state index in [2.05, 4.69) is 52.3 Å². The second-order valence-corrected chi connectivity index (χ2v) is 4.95. The summed E-state index contributed by atoms with van der Waals surface area (Å²) in [5.74, 6) is 0. The number of ether oxygens (including phenoxy) is 1. The lowest BCUT2D eigenvalue weighted by Gasteiger charge is -2.33. The SMILES string of the molecule is COCCN1CCN(C/C=C/c2ccccc2)CC1. The van der Waals surface area contributed by atoms with E-state index in [1.165, 1.54) is 5.56 Å². The first-order valence-corrected chi connectivity index (χ1v) is 7.04. The zero-order valence-electron chi connectivity index (χ0n) is 11.8. The average molecular weight is 260 g/mol. The highest BCUT2D eigenvalue weighted by molar-refractivity contribution is 5.48. The Labute approximate surface area is 116 Å². The van der Waals surface area contributed by atoms with E-state index >= 15 is 0 Å². The Bertz CT molecular complexity index is 370. The van der Waals surface area contributed by atoms with E-state index < -0.39 is 0 Å². The highest BCUT2D eigenvalue weighted by atomic mass is 16.5. The smallest absolute Gasteiger partial charge is 0.0589 e. The second-order valence-electron chi connectivity index (χ2n) is 4.95. The Morgan fingerprint density at radius 2 is 1.74 bits per heavy atom. The molecule has 1 aromatic carbocycles. The van der Waals surface area contributed by atoms with Gasteiger partial charge < -0.3 is 4.74 Å². The topological polar surface area (TPSA) is 15.7 Å². The molecule has 2 rings (SSSR count). The average Bonchev–Trinajstić information content (AvgIpc) is 2.47. The van der Waals surface area contributed by atoms with E-state index in [0.717, 1.165) is 45.9 Å². The summed E-state index contributed by atoms with van der Waals surface area (Å²) in [6.07, 6.45) is 4.47. The quantitative estimate of drug-likeness (QED) is 0.777. The van der Waals surface area contributed by atoms with Gasteiger partial charge in [0, 0.05) is 46.4 Å². The van der Waals surface area contributed by atoms with Crippen LogP contribution in [0.2, 0.25) is 0 Å². The second kappa shape index (κ2) is 8.10. The van der Waals surface area contributed by atoms with Gasteiger partial charge in [-0.25, -0.2) is 0 Å². The Balaban J connectivity index is 1.67. The molecule has 3 nitrogen and oxygen atoms in total. The van der Waals surface area contributed by atoms with Gasteiger partial charge in [0.1, 0.15) is 0 Å². The predicted octanol–water partition coefficient (Wildman–Crippen LogP) is 1.96. The Hall–Kier alpha value is -1.16. The molecule has 0 N–H and O–H groups in total. The molecule has 1 aliphatic heterocycles.